The molecular weight excluding hydrogens is 578 g/mol. The van der Waals surface area contributed by atoms with Gasteiger partial charge in [-0.2, -0.15) is 0 Å². The largest absolute Gasteiger partial charge is 0.324 e. The highest BCUT2D eigenvalue weighted by Crippen LogP contribution is 2.20. The van der Waals surface area contributed by atoms with Crippen molar-refractivity contribution in [2.24, 2.45) is 0 Å². The van der Waals surface area contributed by atoms with E-state index in [-0.39, 0.29) is 5.91 Å². The number of ketones is 1. The molecule has 1 atom stereocenters. The van der Waals surface area contributed by atoms with E-state index in [1.807, 2.05) is 6.07 Å². The van der Waals surface area contributed by atoms with Crippen molar-refractivity contribution in [1.82, 2.24) is 4.90 Å². The van der Waals surface area contributed by atoms with E-state index in [0.29, 0.717) is 25.3 Å². The third-order valence-corrected chi connectivity index (χ3v) is 10.2. The molecule has 0 fully saturated rings. The number of anilines is 1. The van der Waals surface area contributed by atoms with Crippen LogP contribution in [0.15, 0.2) is 36.4 Å². The van der Waals surface area contributed by atoms with Crippen LogP contribution in [0.3, 0.4) is 0 Å². The van der Waals surface area contributed by atoms with Crippen molar-refractivity contribution in [3.05, 3.63) is 64.2 Å². The van der Waals surface area contributed by atoms with E-state index in [9.17, 15) is 9.59 Å². The molecule has 0 aliphatic heterocycles. The molecule has 1 N–H and O–H groups in total. The van der Waals surface area contributed by atoms with Gasteiger partial charge >= 0.3 is 0 Å². The summed E-state index contributed by atoms with van der Waals surface area (Å²) in [6, 6.07) is 12.5. The topological polar surface area (TPSA) is 49.4 Å². The molecule has 1 amide bonds. The molecule has 2 aromatic carbocycles. The number of nitrogens with zero attached hydrogens (tertiary/aromatic N) is 2. The number of carbonyl (C=O) groups is 2. The lowest BCUT2D eigenvalue weighted by Crippen LogP contribution is -2.52. The van der Waals surface area contributed by atoms with Gasteiger partial charge in [-0.05, 0) is 108 Å². The number of quaternary nitrogens is 1. The minimum absolute atomic E-state index is 0.102. The lowest BCUT2D eigenvalue weighted by molar-refractivity contribution is -0.919. The van der Waals surface area contributed by atoms with Crippen molar-refractivity contribution in [3.63, 3.8) is 0 Å². The summed E-state index contributed by atoms with van der Waals surface area (Å²) in [5.74, 6) is 0.483. The van der Waals surface area contributed by atoms with Crippen LogP contribution in [-0.2, 0) is 16.0 Å². The minimum Gasteiger partial charge on any atom is -0.324 e. The van der Waals surface area contributed by atoms with Crippen LogP contribution in [0, 0.1) is 27.7 Å². The number of para-hydroxylation sites is 1. The first-order valence-electron chi connectivity index (χ1n) is 19.1. The van der Waals surface area contributed by atoms with Gasteiger partial charge in [0.1, 0.15) is 6.54 Å². The second-order valence-corrected chi connectivity index (χ2v) is 14.3. The first kappa shape index (κ1) is 40.7. The molecule has 0 aromatic heterocycles. The Hall–Kier alpha value is -2.50. The summed E-state index contributed by atoms with van der Waals surface area (Å²) in [6.07, 6.45) is 16.6. The van der Waals surface area contributed by atoms with Crippen LogP contribution in [0.1, 0.15) is 132 Å². The van der Waals surface area contributed by atoms with Crippen LogP contribution in [0.5, 0.6) is 0 Å². The SMILES string of the molecule is CCCCCCCCN(CCCCCCCC[N+](CC)(CCC)CC(=O)Cc1c(C)cccc1C)CC(=O)Nc1c(C)cccc1C. The van der Waals surface area contributed by atoms with Crippen LogP contribution in [0.4, 0.5) is 5.69 Å². The third kappa shape index (κ3) is 15.5. The minimum atomic E-state index is 0.102. The Morgan fingerprint density at radius 3 is 1.68 bits per heavy atom. The fraction of sp³-hybridized carbons (Fsp3) is 0.667. The molecule has 0 aliphatic carbocycles. The number of nitrogens with one attached hydrogen (secondary N) is 1. The Labute approximate surface area is 289 Å². The highest BCUT2D eigenvalue weighted by Gasteiger charge is 2.28. The molecule has 0 saturated carbocycles. The number of aryl methyl sites for hydroxylation is 4. The zero-order chi connectivity index (χ0) is 34.5. The Kier molecular flexibility index (Phi) is 19.9. The van der Waals surface area contributed by atoms with Gasteiger partial charge < -0.3 is 9.80 Å². The first-order valence-corrected chi connectivity index (χ1v) is 19.1. The Morgan fingerprint density at radius 2 is 1.15 bits per heavy atom. The summed E-state index contributed by atoms with van der Waals surface area (Å²) < 4.78 is 0.928. The van der Waals surface area contributed by atoms with E-state index in [0.717, 1.165) is 66.9 Å². The highest BCUT2D eigenvalue weighted by atomic mass is 16.2. The zero-order valence-electron chi connectivity index (χ0n) is 31.5. The normalized spacial score (nSPS) is 12.8. The monoisotopic (exact) mass is 649 g/mol. The molecule has 5 nitrogen and oxygen atoms in total. The number of likely N-dealkylation sites (N-methyl/N-ethyl adjacent to an activating group) is 1. The molecule has 5 heteroatoms. The van der Waals surface area contributed by atoms with E-state index in [4.69, 9.17) is 0 Å². The summed E-state index contributed by atoms with van der Waals surface area (Å²) in [5, 5.41) is 3.20. The highest BCUT2D eigenvalue weighted by molar-refractivity contribution is 5.93. The van der Waals surface area contributed by atoms with E-state index in [1.54, 1.807) is 0 Å². The molecular formula is C42H70N3O2+. The molecule has 1 unspecified atom stereocenters. The number of hydrogen-bond acceptors (Lipinski definition) is 3. The van der Waals surface area contributed by atoms with Gasteiger partial charge in [0.15, 0.2) is 5.78 Å². The quantitative estimate of drug-likeness (QED) is 0.0816. The molecule has 2 aromatic rings. The van der Waals surface area contributed by atoms with Crippen LogP contribution in [-0.4, -0.2) is 66.9 Å². The third-order valence-electron chi connectivity index (χ3n) is 10.2. The molecule has 2 rings (SSSR count). The average Bonchev–Trinajstić information content (AvgIpc) is 3.03. The van der Waals surface area contributed by atoms with Crippen LogP contribution in [0.2, 0.25) is 0 Å². The van der Waals surface area contributed by atoms with Gasteiger partial charge in [-0.1, -0.05) is 102 Å². The summed E-state index contributed by atoms with van der Waals surface area (Å²) >= 11 is 0. The van der Waals surface area contributed by atoms with Crippen molar-refractivity contribution in [2.75, 3.05) is 51.1 Å². The van der Waals surface area contributed by atoms with E-state index >= 15 is 0 Å². The van der Waals surface area contributed by atoms with E-state index < -0.39 is 0 Å². The zero-order valence-corrected chi connectivity index (χ0v) is 31.5. The number of hydrogen-bond donors (Lipinski definition) is 1. The van der Waals surface area contributed by atoms with Crippen LogP contribution < -0.4 is 5.32 Å². The fourth-order valence-corrected chi connectivity index (χ4v) is 7.20. The van der Waals surface area contributed by atoms with Crippen molar-refractivity contribution >= 4 is 17.4 Å². The van der Waals surface area contributed by atoms with Crippen LogP contribution in [0.25, 0.3) is 0 Å². The molecule has 264 valence electrons. The predicted molar refractivity (Wildman–Crippen MR) is 202 cm³/mol. The first-order chi connectivity index (χ1) is 22.6. The standard InChI is InChI=1S/C42H69N3O2/c1-8-11-12-13-16-19-28-44(33-41(47)43-42-37(6)26-23-27-38(42)7)29-20-17-14-15-18-21-31-45(10-3,30-9-2)34-39(46)32-40-35(4)24-22-25-36(40)5/h22-27H,8-21,28-34H2,1-7H3/p+1. The molecule has 0 spiro atoms. The van der Waals surface area contributed by atoms with Gasteiger partial charge in [0.05, 0.1) is 26.2 Å². The van der Waals surface area contributed by atoms with Crippen LogP contribution >= 0.6 is 0 Å². The van der Waals surface area contributed by atoms with Crippen molar-refractivity contribution < 1.29 is 14.1 Å². The fourth-order valence-electron chi connectivity index (χ4n) is 7.20. The number of rotatable bonds is 26. The summed E-state index contributed by atoms with van der Waals surface area (Å²) in [7, 11) is 0. The lowest BCUT2D eigenvalue weighted by Gasteiger charge is -2.37. The smallest absolute Gasteiger partial charge is 0.238 e. The summed E-state index contributed by atoms with van der Waals surface area (Å²) in [5.41, 5.74) is 6.89. The van der Waals surface area contributed by atoms with E-state index in [2.05, 4.69) is 89.0 Å². The lowest BCUT2D eigenvalue weighted by atomic mass is 9.97. The van der Waals surface area contributed by atoms with Gasteiger partial charge in [-0.25, -0.2) is 0 Å². The van der Waals surface area contributed by atoms with Gasteiger partial charge in [0.25, 0.3) is 0 Å². The van der Waals surface area contributed by atoms with E-state index in [1.165, 1.54) is 87.3 Å². The molecule has 0 saturated heterocycles. The van der Waals surface area contributed by atoms with Gasteiger partial charge in [-0.3, -0.25) is 14.5 Å². The van der Waals surface area contributed by atoms with Crippen molar-refractivity contribution in [3.8, 4) is 0 Å². The summed E-state index contributed by atoms with van der Waals surface area (Å²) in [4.78, 5) is 28.8. The van der Waals surface area contributed by atoms with Gasteiger partial charge in [0, 0.05) is 12.1 Å². The van der Waals surface area contributed by atoms with Crippen molar-refractivity contribution in [2.45, 2.75) is 138 Å². The second kappa shape index (κ2) is 23.0. The Morgan fingerprint density at radius 1 is 0.638 bits per heavy atom. The van der Waals surface area contributed by atoms with Gasteiger partial charge in [0.2, 0.25) is 5.91 Å². The number of benzene rings is 2. The predicted octanol–water partition coefficient (Wildman–Crippen LogP) is 9.92. The molecule has 0 aliphatic rings. The summed E-state index contributed by atoms with van der Waals surface area (Å²) in [6.45, 7) is 21.5. The van der Waals surface area contributed by atoms with Crippen molar-refractivity contribution in [1.29, 1.82) is 0 Å². The molecule has 0 heterocycles. The number of unbranched alkanes of at least 4 members (excludes halogenated alkanes) is 10. The Bertz CT molecular complexity index is 1150. The Balaban J connectivity index is 1.78. The maximum absolute atomic E-state index is 13.3. The number of carbonyl (C=O) groups excluding carboxylic acids is 2. The van der Waals surface area contributed by atoms with Gasteiger partial charge in [-0.15, -0.1) is 0 Å². The molecule has 0 radical (unpaired) electrons. The molecule has 0 bridgehead atoms. The number of Topliss-reactive ketones (excluding diaryl/α,β-unsaturated/α-hetero) is 1. The average molecular weight is 649 g/mol. The second-order valence-electron chi connectivity index (χ2n) is 14.3. The molecule has 47 heavy (non-hydrogen) atoms. The maximum atomic E-state index is 13.3. The number of amides is 1. The maximum Gasteiger partial charge on any atom is 0.238 e.